The Bertz CT molecular complexity index is 821. The van der Waals surface area contributed by atoms with Gasteiger partial charge in [0, 0.05) is 12.1 Å². The molecule has 2 heterocycles. The van der Waals surface area contributed by atoms with Crippen molar-refractivity contribution in [2.75, 3.05) is 31.6 Å². The number of rotatable bonds is 5. The Labute approximate surface area is 176 Å². The van der Waals surface area contributed by atoms with Crippen molar-refractivity contribution >= 4 is 35.6 Å². The van der Waals surface area contributed by atoms with E-state index in [0.717, 1.165) is 31.0 Å². The average Bonchev–Trinajstić information content (AvgIpc) is 3.17. The fraction of sp³-hybridized carbons (Fsp3) is 0.381. The number of fused-ring (bicyclic) bond motifs is 1. The van der Waals surface area contributed by atoms with Crippen molar-refractivity contribution < 1.29 is 14.3 Å². The first-order chi connectivity index (χ1) is 13.2. The number of anilines is 1. The van der Waals surface area contributed by atoms with Crippen LogP contribution in [0.15, 0.2) is 36.4 Å². The summed E-state index contributed by atoms with van der Waals surface area (Å²) in [6.07, 6.45) is 2.63. The molecule has 0 spiro atoms. The van der Waals surface area contributed by atoms with Crippen molar-refractivity contribution in [1.82, 2.24) is 5.32 Å². The maximum absolute atomic E-state index is 12.4. The van der Waals surface area contributed by atoms with Gasteiger partial charge in [-0.3, -0.25) is 4.79 Å². The highest BCUT2D eigenvalue weighted by Gasteiger charge is 2.17. The van der Waals surface area contributed by atoms with Crippen LogP contribution >= 0.6 is 24.0 Å². The Kier molecular flexibility index (Phi) is 7.05. The molecule has 1 saturated heterocycles. The van der Waals surface area contributed by atoms with Gasteiger partial charge in [0.1, 0.15) is 13.2 Å². The van der Waals surface area contributed by atoms with E-state index in [1.807, 2.05) is 12.1 Å². The summed E-state index contributed by atoms with van der Waals surface area (Å²) in [4.78, 5) is 12.4. The molecule has 0 saturated carbocycles. The van der Waals surface area contributed by atoms with Gasteiger partial charge in [0.15, 0.2) is 11.5 Å². The van der Waals surface area contributed by atoms with Gasteiger partial charge in [-0.1, -0.05) is 35.9 Å². The Morgan fingerprint density at radius 2 is 1.79 bits per heavy atom. The molecule has 2 aliphatic heterocycles. The quantitative estimate of drug-likeness (QED) is 0.767. The topological polar surface area (TPSA) is 59.6 Å². The van der Waals surface area contributed by atoms with E-state index in [9.17, 15) is 4.79 Å². The summed E-state index contributed by atoms with van der Waals surface area (Å²) in [6, 6.07) is 11.7. The lowest BCUT2D eigenvalue weighted by Crippen LogP contribution is -2.17. The summed E-state index contributed by atoms with van der Waals surface area (Å²) in [5.74, 6) is 1.82. The average molecular weight is 423 g/mol. The van der Waals surface area contributed by atoms with E-state index in [0.29, 0.717) is 41.8 Å². The van der Waals surface area contributed by atoms with Crippen molar-refractivity contribution in [3.63, 3.8) is 0 Å². The molecule has 5 nitrogen and oxygen atoms in total. The van der Waals surface area contributed by atoms with E-state index in [4.69, 9.17) is 21.1 Å². The second-order valence-electron chi connectivity index (χ2n) is 7.08. The molecule has 7 heteroatoms. The molecule has 0 aromatic heterocycles. The molecule has 2 aliphatic rings. The minimum atomic E-state index is -0.110. The van der Waals surface area contributed by atoms with Gasteiger partial charge in [-0.15, -0.1) is 12.4 Å². The first kappa shape index (κ1) is 20.8. The van der Waals surface area contributed by atoms with Crippen LogP contribution in [0.5, 0.6) is 11.5 Å². The predicted octanol–water partition coefficient (Wildman–Crippen LogP) is 3.87. The Hall–Kier alpha value is -1.95. The number of hydrogen-bond acceptors (Lipinski definition) is 4. The number of ether oxygens (including phenoxy) is 2. The van der Waals surface area contributed by atoms with Crippen LogP contribution in [0, 0.1) is 5.92 Å². The van der Waals surface area contributed by atoms with Crippen LogP contribution < -0.4 is 20.1 Å². The van der Waals surface area contributed by atoms with Crippen LogP contribution in [0.2, 0.25) is 5.02 Å². The smallest absolute Gasteiger partial charge is 0.228 e. The molecular formula is C21H24Cl2N2O3. The SMILES string of the molecule is Cl.O=C(Cc1ccc(CC2CCNC2)cc1)Nc1cc2c(cc1Cl)OCCO2. The Balaban J connectivity index is 0.00000225. The molecule has 1 fully saturated rings. The summed E-state index contributed by atoms with van der Waals surface area (Å²) in [5, 5.41) is 6.70. The lowest BCUT2D eigenvalue weighted by atomic mass is 9.97. The van der Waals surface area contributed by atoms with Gasteiger partial charge in [0.2, 0.25) is 5.91 Å². The molecular weight excluding hydrogens is 399 g/mol. The van der Waals surface area contributed by atoms with E-state index in [1.54, 1.807) is 12.1 Å². The minimum absolute atomic E-state index is 0. The third-order valence-corrected chi connectivity index (χ3v) is 5.29. The molecule has 1 unspecified atom stereocenters. The standard InChI is InChI=1S/C21H23ClN2O3.ClH/c22-17-11-19-20(27-8-7-26-19)12-18(17)24-21(25)10-15-3-1-14(2-4-15)9-16-5-6-23-13-16;/h1-4,11-12,16,23H,5-10,13H2,(H,24,25);1H. The molecule has 0 radical (unpaired) electrons. The highest BCUT2D eigenvalue weighted by Crippen LogP contribution is 2.38. The van der Waals surface area contributed by atoms with E-state index >= 15 is 0 Å². The largest absolute Gasteiger partial charge is 0.486 e. The number of benzene rings is 2. The molecule has 150 valence electrons. The van der Waals surface area contributed by atoms with Gasteiger partial charge in [0.25, 0.3) is 0 Å². The molecule has 0 bridgehead atoms. The minimum Gasteiger partial charge on any atom is -0.486 e. The molecule has 2 aromatic carbocycles. The van der Waals surface area contributed by atoms with Crippen molar-refractivity contribution in [3.05, 3.63) is 52.5 Å². The van der Waals surface area contributed by atoms with Gasteiger partial charge in [-0.05, 0) is 43.0 Å². The summed E-state index contributed by atoms with van der Waals surface area (Å²) in [6.45, 7) is 3.21. The zero-order valence-electron chi connectivity index (χ0n) is 15.5. The maximum Gasteiger partial charge on any atom is 0.228 e. The first-order valence-corrected chi connectivity index (χ1v) is 9.73. The molecule has 28 heavy (non-hydrogen) atoms. The number of carbonyl (C=O) groups excluding carboxylic acids is 1. The van der Waals surface area contributed by atoms with E-state index in [-0.39, 0.29) is 18.3 Å². The normalized spacial score (nSPS) is 17.7. The summed E-state index contributed by atoms with van der Waals surface area (Å²) < 4.78 is 11.0. The molecule has 4 rings (SSSR count). The van der Waals surface area contributed by atoms with Gasteiger partial charge < -0.3 is 20.1 Å². The van der Waals surface area contributed by atoms with Crippen LogP contribution in [0.1, 0.15) is 17.5 Å². The second kappa shape index (κ2) is 9.50. The van der Waals surface area contributed by atoms with Crippen LogP contribution in [-0.4, -0.2) is 32.2 Å². The highest BCUT2D eigenvalue weighted by atomic mass is 35.5. The summed E-state index contributed by atoms with van der Waals surface area (Å²) in [5.41, 5.74) is 2.84. The van der Waals surface area contributed by atoms with Crippen LogP contribution in [0.4, 0.5) is 5.69 Å². The number of nitrogens with one attached hydrogen (secondary N) is 2. The van der Waals surface area contributed by atoms with Gasteiger partial charge in [-0.25, -0.2) is 0 Å². The Morgan fingerprint density at radius 1 is 1.11 bits per heavy atom. The predicted molar refractivity (Wildman–Crippen MR) is 113 cm³/mol. The van der Waals surface area contributed by atoms with Crippen LogP contribution in [-0.2, 0) is 17.6 Å². The van der Waals surface area contributed by atoms with Crippen LogP contribution in [0.3, 0.4) is 0 Å². The second-order valence-corrected chi connectivity index (χ2v) is 7.49. The Morgan fingerprint density at radius 3 is 2.46 bits per heavy atom. The number of halogens is 2. The van der Waals surface area contributed by atoms with Crippen molar-refractivity contribution in [1.29, 1.82) is 0 Å². The van der Waals surface area contributed by atoms with Gasteiger partial charge in [0.05, 0.1) is 17.1 Å². The number of carbonyl (C=O) groups is 1. The van der Waals surface area contributed by atoms with Crippen LogP contribution in [0.25, 0.3) is 0 Å². The zero-order chi connectivity index (χ0) is 18.6. The molecule has 2 aromatic rings. The van der Waals surface area contributed by atoms with Crippen molar-refractivity contribution in [2.45, 2.75) is 19.3 Å². The summed E-state index contributed by atoms with van der Waals surface area (Å²) >= 11 is 6.25. The van der Waals surface area contributed by atoms with Crippen molar-refractivity contribution in [2.24, 2.45) is 5.92 Å². The van der Waals surface area contributed by atoms with E-state index in [1.165, 1.54) is 12.0 Å². The fourth-order valence-corrected chi connectivity index (χ4v) is 3.76. The summed E-state index contributed by atoms with van der Waals surface area (Å²) in [7, 11) is 0. The molecule has 0 aliphatic carbocycles. The zero-order valence-corrected chi connectivity index (χ0v) is 17.1. The van der Waals surface area contributed by atoms with Crippen molar-refractivity contribution in [3.8, 4) is 11.5 Å². The van der Waals surface area contributed by atoms with Gasteiger partial charge >= 0.3 is 0 Å². The third kappa shape index (κ3) is 5.10. The van der Waals surface area contributed by atoms with E-state index < -0.39 is 0 Å². The number of amides is 1. The lowest BCUT2D eigenvalue weighted by Gasteiger charge is -2.20. The lowest BCUT2D eigenvalue weighted by molar-refractivity contribution is -0.115. The monoisotopic (exact) mass is 422 g/mol. The van der Waals surface area contributed by atoms with E-state index in [2.05, 4.69) is 22.8 Å². The molecule has 1 atom stereocenters. The highest BCUT2D eigenvalue weighted by molar-refractivity contribution is 6.34. The molecule has 1 amide bonds. The maximum atomic E-state index is 12.4. The molecule has 2 N–H and O–H groups in total. The third-order valence-electron chi connectivity index (χ3n) is 4.98. The fourth-order valence-electron chi connectivity index (χ4n) is 3.55. The van der Waals surface area contributed by atoms with Gasteiger partial charge in [-0.2, -0.15) is 0 Å². The number of hydrogen-bond donors (Lipinski definition) is 2. The first-order valence-electron chi connectivity index (χ1n) is 9.35.